The molecule has 0 radical (unpaired) electrons. The van der Waals surface area contributed by atoms with E-state index in [0.717, 1.165) is 25.0 Å². The minimum Gasteiger partial charge on any atom is -0.391 e. The van der Waals surface area contributed by atoms with E-state index < -0.39 is 23.6 Å². The van der Waals surface area contributed by atoms with Crippen molar-refractivity contribution in [2.75, 3.05) is 0 Å². The highest BCUT2D eigenvalue weighted by molar-refractivity contribution is 5.80. The summed E-state index contributed by atoms with van der Waals surface area (Å²) >= 11 is 0. The van der Waals surface area contributed by atoms with Crippen molar-refractivity contribution in [2.45, 2.75) is 25.5 Å². The molecule has 2 heterocycles. The van der Waals surface area contributed by atoms with Gasteiger partial charge in [-0.1, -0.05) is 0 Å². The lowest BCUT2D eigenvalue weighted by Crippen LogP contribution is -2.18. The van der Waals surface area contributed by atoms with Gasteiger partial charge in [0.1, 0.15) is 5.52 Å². The van der Waals surface area contributed by atoms with Crippen LogP contribution in [0, 0.1) is 23.4 Å². The van der Waals surface area contributed by atoms with Crippen LogP contribution < -0.4 is 0 Å². The van der Waals surface area contributed by atoms with E-state index in [1.54, 1.807) is 16.9 Å². The first-order chi connectivity index (χ1) is 11.5. The molecular weight excluding hydrogens is 319 g/mol. The summed E-state index contributed by atoms with van der Waals surface area (Å²) in [5.41, 5.74) is 1.90. The third-order valence-electron chi connectivity index (χ3n) is 4.34. The number of hydrogen-bond acceptors (Lipinski definition) is 3. The molecule has 1 unspecified atom stereocenters. The van der Waals surface area contributed by atoms with E-state index in [9.17, 15) is 18.3 Å². The fraction of sp³-hybridized carbons (Fsp3) is 0.294. The van der Waals surface area contributed by atoms with E-state index in [1.165, 1.54) is 6.20 Å². The number of aliphatic hydroxyl groups is 1. The molecular formula is C17H14F3N3O. The van der Waals surface area contributed by atoms with Gasteiger partial charge in [-0.15, -0.1) is 0 Å². The van der Waals surface area contributed by atoms with Gasteiger partial charge in [0.2, 0.25) is 0 Å². The van der Waals surface area contributed by atoms with Crippen molar-refractivity contribution in [3.05, 3.63) is 48.0 Å². The maximum Gasteiger partial charge on any atom is 0.194 e. The number of aliphatic hydroxyl groups excluding tert-OH is 1. The third-order valence-corrected chi connectivity index (χ3v) is 4.34. The second-order valence-electron chi connectivity index (χ2n) is 6.11. The van der Waals surface area contributed by atoms with Crippen molar-refractivity contribution < 1.29 is 18.3 Å². The highest BCUT2D eigenvalue weighted by Gasteiger charge is 2.30. The summed E-state index contributed by atoms with van der Waals surface area (Å²) in [5, 5.41) is 14.3. The molecule has 4 rings (SSSR count). The molecule has 1 aliphatic rings. The Hall–Kier alpha value is -2.41. The molecule has 0 bridgehead atoms. The van der Waals surface area contributed by atoms with Crippen LogP contribution in [-0.4, -0.2) is 26.0 Å². The van der Waals surface area contributed by atoms with E-state index in [0.29, 0.717) is 29.1 Å². The maximum absolute atomic E-state index is 13.4. The van der Waals surface area contributed by atoms with Gasteiger partial charge in [0.15, 0.2) is 17.5 Å². The molecule has 1 atom stereocenters. The molecule has 1 aromatic carbocycles. The minimum absolute atomic E-state index is 0.191. The topological polar surface area (TPSA) is 50.9 Å². The summed E-state index contributed by atoms with van der Waals surface area (Å²) in [6, 6.07) is 3.54. The fourth-order valence-corrected chi connectivity index (χ4v) is 2.79. The molecule has 7 heteroatoms. The zero-order chi connectivity index (χ0) is 16.8. The van der Waals surface area contributed by atoms with Gasteiger partial charge in [-0.3, -0.25) is 9.67 Å². The summed E-state index contributed by atoms with van der Waals surface area (Å²) in [7, 11) is 0. The van der Waals surface area contributed by atoms with Gasteiger partial charge < -0.3 is 5.11 Å². The molecule has 124 valence electrons. The Bertz CT molecular complexity index is 898. The van der Waals surface area contributed by atoms with Crippen molar-refractivity contribution in [1.29, 1.82) is 0 Å². The van der Waals surface area contributed by atoms with Crippen molar-refractivity contribution in [2.24, 2.45) is 5.92 Å². The number of nitrogens with zero attached hydrogens (tertiary/aromatic N) is 3. The normalized spacial score (nSPS) is 15.8. The number of rotatable bonds is 4. The van der Waals surface area contributed by atoms with Crippen LogP contribution >= 0.6 is 0 Å². The standard InChI is InChI=1S/C17H14F3N3O/c18-12-3-10(4-13(19)17(12)20)11-5-15-14(21-6-11)7-22-23(15)8-16(24)9-1-2-9/h3-7,9,16,24H,1-2,8H2. The van der Waals surface area contributed by atoms with Crippen LogP contribution in [-0.2, 0) is 6.54 Å². The molecule has 1 saturated carbocycles. The van der Waals surface area contributed by atoms with Gasteiger partial charge in [0.25, 0.3) is 0 Å². The Morgan fingerprint density at radius 2 is 1.79 bits per heavy atom. The van der Waals surface area contributed by atoms with E-state index in [2.05, 4.69) is 10.1 Å². The molecule has 0 spiro atoms. The van der Waals surface area contributed by atoms with Crippen LogP contribution in [0.15, 0.2) is 30.6 Å². The van der Waals surface area contributed by atoms with Crippen molar-refractivity contribution >= 4 is 11.0 Å². The lowest BCUT2D eigenvalue weighted by atomic mass is 10.1. The summed E-state index contributed by atoms with van der Waals surface area (Å²) in [5.74, 6) is -3.68. The number of hydrogen-bond donors (Lipinski definition) is 1. The highest BCUT2D eigenvalue weighted by atomic mass is 19.2. The molecule has 1 aliphatic carbocycles. The summed E-state index contributed by atoms with van der Waals surface area (Å²) in [6.45, 7) is 0.339. The molecule has 3 aromatic rings. The van der Waals surface area contributed by atoms with Crippen LogP contribution in [0.5, 0.6) is 0 Å². The Balaban J connectivity index is 1.74. The Morgan fingerprint density at radius 3 is 2.46 bits per heavy atom. The largest absolute Gasteiger partial charge is 0.391 e. The first kappa shape index (κ1) is 15.1. The third kappa shape index (κ3) is 2.65. The Labute approximate surface area is 135 Å². The van der Waals surface area contributed by atoms with Gasteiger partial charge in [-0.25, -0.2) is 13.2 Å². The molecule has 24 heavy (non-hydrogen) atoms. The van der Waals surface area contributed by atoms with Crippen molar-refractivity contribution in [3.63, 3.8) is 0 Å². The molecule has 4 nitrogen and oxygen atoms in total. The first-order valence-electron chi connectivity index (χ1n) is 7.67. The predicted molar refractivity (Wildman–Crippen MR) is 81.6 cm³/mol. The van der Waals surface area contributed by atoms with E-state index in [4.69, 9.17) is 0 Å². The summed E-state index contributed by atoms with van der Waals surface area (Å²) in [4.78, 5) is 4.22. The quantitative estimate of drug-likeness (QED) is 0.746. The van der Waals surface area contributed by atoms with E-state index in [-0.39, 0.29) is 5.56 Å². The maximum atomic E-state index is 13.4. The molecule has 0 saturated heterocycles. The Kier molecular flexibility index (Phi) is 3.53. The molecule has 1 fully saturated rings. The predicted octanol–water partition coefficient (Wildman–Crippen LogP) is 3.29. The number of benzene rings is 1. The number of pyridine rings is 1. The smallest absolute Gasteiger partial charge is 0.194 e. The lowest BCUT2D eigenvalue weighted by molar-refractivity contribution is 0.128. The average Bonchev–Trinajstić information content (AvgIpc) is 3.35. The van der Waals surface area contributed by atoms with Crippen molar-refractivity contribution in [3.8, 4) is 11.1 Å². The average molecular weight is 333 g/mol. The fourth-order valence-electron chi connectivity index (χ4n) is 2.79. The number of fused-ring (bicyclic) bond motifs is 1. The van der Waals surface area contributed by atoms with Crippen LogP contribution in [0.1, 0.15) is 12.8 Å². The minimum atomic E-state index is -1.50. The molecule has 2 aromatic heterocycles. The van der Waals surface area contributed by atoms with Crippen molar-refractivity contribution in [1.82, 2.24) is 14.8 Å². The van der Waals surface area contributed by atoms with E-state index >= 15 is 0 Å². The summed E-state index contributed by atoms with van der Waals surface area (Å²) < 4.78 is 41.6. The van der Waals surface area contributed by atoms with Crippen LogP contribution in [0.2, 0.25) is 0 Å². The summed E-state index contributed by atoms with van der Waals surface area (Å²) in [6.07, 6.45) is 4.58. The SMILES string of the molecule is OC(Cn1ncc2ncc(-c3cc(F)c(F)c(F)c3)cc21)C1CC1. The van der Waals surface area contributed by atoms with Crippen LogP contribution in [0.3, 0.4) is 0 Å². The molecule has 0 aliphatic heterocycles. The monoisotopic (exact) mass is 333 g/mol. The van der Waals surface area contributed by atoms with Gasteiger partial charge in [0, 0.05) is 11.8 Å². The molecule has 1 N–H and O–H groups in total. The second kappa shape index (κ2) is 5.59. The zero-order valence-corrected chi connectivity index (χ0v) is 12.6. The van der Waals surface area contributed by atoms with Crippen LogP contribution in [0.4, 0.5) is 13.2 Å². The number of halogens is 3. The molecule has 0 amide bonds. The lowest BCUT2D eigenvalue weighted by Gasteiger charge is -2.10. The van der Waals surface area contributed by atoms with Gasteiger partial charge in [-0.05, 0) is 42.5 Å². The van der Waals surface area contributed by atoms with Gasteiger partial charge in [0.05, 0.1) is 24.4 Å². The van der Waals surface area contributed by atoms with Gasteiger partial charge in [-0.2, -0.15) is 5.10 Å². The van der Waals surface area contributed by atoms with E-state index in [1.807, 2.05) is 0 Å². The second-order valence-corrected chi connectivity index (χ2v) is 6.11. The highest BCUT2D eigenvalue weighted by Crippen LogP contribution is 2.33. The number of aromatic nitrogens is 3. The zero-order valence-electron chi connectivity index (χ0n) is 12.6. The van der Waals surface area contributed by atoms with Crippen LogP contribution in [0.25, 0.3) is 22.2 Å². The first-order valence-corrected chi connectivity index (χ1v) is 7.67. The van der Waals surface area contributed by atoms with Gasteiger partial charge >= 0.3 is 0 Å². The Morgan fingerprint density at radius 1 is 1.08 bits per heavy atom.